The van der Waals surface area contributed by atoms with Crippen LogP contribution in [0, 0.1) is 5.92 Å². The summed E-state index contributed by atoms with van der Waals surface area (Å²) in [7, 11) is 5.81. The number of likely N-dealkylation sites (N-methyl/N-ethyl adjacent to an activating group) is 1. The Morgan fingerprint density at radius 3 is 2.50 bits per heavy atom. The molecule has 32 heavy (non-hydrogen) atoms. The number of nitrogens with zero attached hydrogens (tertiary/aromatic N) is 3. The standard InChI is InChI=1S/C24H33N5O3/c1-16(2)24(32)29-13-6-8-17-10-11-18(14-20(17)29)26-23(31)22(30)25-15-21(27(3)4)19-9-7-12-28(19)5/h7,9-12,14,16,21H,6,8,13,15H2,1-5H3,(H,25,30)(H,26,31). The Hall–Kier alpha value is -3.13. The Balaban J connectivity index is 1.66. The van der Waals surface area contributed by atoms with Crippen LogP contribution in [0.25, 0.3) is 0 Å². The zero-order valence-corrected chi connectivity index (χ0v) is 19.5. The van der Waals surface area contributed by atoms with Crippen LogP contribution >= 0.6 is 0 Å². The average molecular weight is 440 g/mol. The summed E-state index contributed by atoms with van der Waals surface area (Å²) in [5.74, 6) is -1.48. The fraction of sp³-hybridized carbons (Fsp3) is 0.458. The van der Waals surface area contributed by atoms with Crippen LogP contribution < -0.4 is 15.5 Å². The predicted octanol–water partition coefficient (Wildman–Crippen LogP) is 2.32. The van der Waals surface area contributed by atoms with Gasteiger partial charge in [0.25, 0.3) is 0 Å². The smallest absolute Gasteiger partial charge is 0.313 e. The van der Waals surface area contributed by atoms with E-state index in [4.69, 9.17) is 0 Å². The zero-order valence-electron chi connectivity index (χ0n) is 19.5. The first-order valence-corrected chi connectivity index (χ1v) is 11.0. The minimum absolute atomic E-state index is 0.0579. The number of fused-ring (bicyclic) bond motifs is 1. The summed E-state index contributed by atoms with van der Waals surface area (Å²) in [6, 6.07) is 9.36. The van der Waals surface area contributed by atoms with Crippen LogP contribution in [0.5, 0.6) is 0 Å². The molecule has 1 aromatic carbocycles. The highest BCUT2D eigenvalue weighted by atomic mass is 16.2. The molecular weight excluding hydrogens is 406 g/mol. The average Bonchev–Trinajstić information content (AvgIpc) is 3.17. The lowest BCUT2D eigenvalue weighted by atomic mass is 9.99. The number of aromatic nitrogens is 1. The van der Waals surface area contributed by atoms with Crippen molar-refractivity contribution < 1.29 is 14.4 Å². The second-order valence-corrected chi connectivity index (χ2v) is 8.78. The summed E-state index contributed by atoms with van der Waals surface area (Å²) in [5, 5.41) is 5.41. The molecule has 0 bridgehead atoms. The number of aryl methyl sites for hydroxylation is 2. The molecule has 2 aromatic rings. The van der Waals surface area contributed by atoms with Crippen LogP contribution in [0.1, 0.15) is 37.6 Å². The summed E-state index contributed by atoms with van der Waals surface area (Å²) >= 11 is 0. The van der Waals surface area contributed by atoms with Crippen LogP contribution in [0.4, 0.5) is 11.4 Å². The normalized spacial score (nSPS) is 14.3. The zero-order chi connectivity index (χ0) is 23.4. The number of carbonyl (C=O) groups excluding carboxylic acids is 3. The number of amides is 3. The van der Waals surface area contributed by atoms with Crippen LogP contribution in [0.3, 0.4) is 0 Å². The highest BCUT2D eigenvalue weighted by Gasteiger charge is 2.25. The first kappa shape index (κ1) is 23.5. The molecule has 172 valence electrons. The molecule has 2 N–H and O–H groups in total. The third-order valence-electron chi connectivity index (χ3n) is 5.83. The molecule has 8 heteroatoms. The molecule has 1 aliphatic heterocycles. The summed E-state index contributed by atoms with van der Waals surface area (Å²) in [6.07, 6.45) is 3.74. The van der Waals surface area contributed by atoms with Crippen LogP contribution in [-0.4, -0.2) is 54.4 Å². The molecule has 2 heterocycles. The first-order chi connectivity index (χ1) is 15.2. The van der Waals surface area contributed by atoms with E-state index in [-0.39, 0.29) is 17.9 Å². The number of anilines is 2. The second-order valence-electron chi connectivity index (χ2n) is 8.78. The summed E-state index contributed by atoms with van der Waals surface area (Å²) in [4.78, 5) is 41.4. The Morgan fingerprint density at radius 2 is 1.88 bits per heavy atom. The van der Waals surface area contributed by atoms with Crippen molar-refractivity contribution in [2.45, 2.75) is 32.7 Å². The second kappa shape index (κ2) is 9.99. The molecule has 0 saturated carbocycles. The number of hydrogen-bond donors (Lipinski definition) is 2. The fourth-order valence-corrected chi connectivity index (χ4v) is 4.02. The molecule has 1 aromatic heterocycles. The van der Waals surface area contributed by atoms with Gasteiger partial charge in [0.2, 0.25) is 5.91 Å². The lowest BCUT2D eigenvalue weighted by Crippen LogP contribution is -2.41. The lowest BCUT2D eigenvalue weighted by Gasteiger charge is -2.31. The number of nitrogens with one attached hydrogen (secondary N) is 2. The molecule has 0 fully saturated rings. The van der Waals surface area contributed by atoms with Crippen molar-refractivity contribution in [3.05, 3.63) is 47.8 Å². The van der Waals surface area contributed by atoms with Crippen molar-refractivity contribution in [3.8, 4) is 0 Å². The molecule has 0 spiro atoms. The Kier molecular flexibility index (Phi) is 7.35. The maximum absolute atomic E-state index is 12.6. The van der Waals surface area contributed by atoms with Crippen molar-refractivity contribution in [2.75, 3.05) is 37.4 Å². The molecule has 3 amide bonds. The Labute approximate surface area is 189 Å². The van der Waals surface area contributed by atoms with E-state index >= 15 is 0 Å². The van der Waals surface area contributed by atoms with E-state index in [9.17, 15) is 14.4 Å². The van der Waals surface area contributed by atoms with E-state index in [0.717, 1.165) is 29.8 Å². The van der Waals surface area contributed by atoms with Gasteiger partial charge in [-0.25, -0.2) is 0 Å². The van der Waals surface area contributed by atoms with Gasteiger partial charge in [0.05, 0.1) is 6.04 Å². The maximum atomic E-state index is 12.6. The highest BCUT2D eigenvalue weighted by molar-refractivity contribution is 6.39. The van der Waals surface area contributed by atoms with E-state index < -0.39 is 11.8 Å². The van der Waals surface area contributed by atoms with Gasteiger partial charge >= 0.3 is 11.8 Å². The van der Waals surface area contributed by atoms with Gasteiger partial charge in [0.15, 0.2) is 0 Å². The van der Waals surface area contributed by atoms with Crippen LogP contribution in [-0.2, 0) is 27.9 Å². The van der Waals surface area contributed by atoms with Crippen molar-refractivity contribution in [2.24, 2.45) is 13.0 Å². The highest BCUT2D eigenvalue weighted by Crippen LogP contribution is 2.31. The Bertz CT molecular complexity index is 995. The van der Waals surface area contributed by atoms with Gasteiger partial charge < -0.3 is 20.1 Å². The SMILES string of the molecule is CC(C)C(=O)N1CCCc2ccc(NC(=O)C(=O)NCC(c3cccn3C)N(C)C)cc21. The topological polar surface area (TPSA) is 86.7 Å². The third-order valence-corrected chi connectivity index (χ3v) is 5.83. The van der Waals surface area contributed by atoms with E-state index in [1.807, 2.05) is 68.9 Å². The van der Waals surface area contributed by atoms with Gasteiger partial charge in [-0.05, 0) is 56.8 Å². The summed E-state index contributed by atoms with van der Waals surface area (Å²) in [6.45, 7) is 4.72. The maximum Gasteiger partial charge on any atom is 0.313 e. The minimum atomic E-state index is -0.730. The molecule has 0 radical (unpaired) electrons. The largest absolute Gasteiger partial charge is 0.353 e. The predicted molar refractivity (Wildman–Crippen MR) is 125 cm³/mol. The van der Waals surface area contributed by atoms with Crippen LogP contribution in [0.15, 0.2) is 36.5 Å². The van der Waals surface area contributed by atoms with E-state index in [2.05, 4.69) is 10.6 Å². The monoisotopic (exact) mass is 439 g/mol. The van der Waals surface area contributed by atoms with Gasteiger partial charge in [-0.15, -0.1) is 0 Å². The molecule has 8 nitrogen and oxygen atoms in total. The van der Waals surface area contributed by atoms with Gasteiger partial charge in [0, 0.05) is 49.3 Å². The molecule has 0 saturated heterocycles. The van der Waals surface area contributed by atoms with Crippen molar-refractivity contribution in [1.29, 1.82) is 0 Å². The number of benzene rings is 1. The fourth-order valence-electron chi connectivity index (χ4n) is 4.02. The molecule has 0 aliphatic carbocycles. The molecular formula is C24H33N5O3. The van der Waals surface area contributed by atoms with E-state index in [1.54, 1.807) is 17.0 Å². The number of carbonyl (C=O) groups is 3. The van der Waals surface area contributed by atoms with Crippen molar-refractivity contribution in [1.82, 2.24) is 14.8 Å². The van der Waals surface area contributed by atoms with Gasteiger partial charge in [0.1, 0.15) is 0 Å². The molecule has 1 unspecified atom stereocenters. The lowest BCUT2D eigenvalue weighted by molar-refractivity contribution is -0.136. The van der Waals surface area contributed by atoms with Gasteiger partial charge in [-0.2, -0.15) is 0 Å². The van der Waals surface area contributed by atoms with E-state index in [0.29, 0.717) is 18.8 Å². The first-order valence-electron chi connectivity index (χ1n) is 11.0. The summed E-state index contributed by atoms with van der Waals surface area (Å²) in [5.41, 5.74) is 3.42. The minimum Gasteiger partial charge on any atom is -0.353 e. The van der Waals surface area contributed by atoms with Crippen molar-refractivity contribution in [3.63, 3.8) is 0 Å². The number of rotatable bonds is 6. The Morgan fingerprint density at radius 1 is 1.12 bits per heavy atom. The van der Waals surface area contributed by atoms with E-state index in [1.165, 1.54) is 0 Å². The third kappa shape index (κ3) is 5.19. The quantitative estimate of drug-likeness (QED) is 0.677. The summed E-state index contributed by atoms with van der Waals surface area (Å²) < 4.78 is 1.99. The molecule has 3 rings (SSSR count). The van der Waals surface area contributed by atoms with Crippen LogP contribution in [0.2, 0.25) is 0 Å². The van der Waals surface area contributed by atoms with Gasteiger partial charge in [-0.1, -0.05) is 19.9 Å². The number of hydrogen-bond acceptors (Lipinski definition) is 4. The van der Waals surface area contributed by atoms with Crippen molar-refractivity contribution >= 4 is 29.1 Å². The van der Waals surface area contributed by atoms with Gasteiger partial charge in [-0.3, -0.25) is 19.3 Å². The molecule has 1 atom stereocenters. The molecule has 1 aliphatic rings.